The molecule has 0 atom stereocenters. The number of rotatable bonds is 4. The number of aromatic amines is 1. The van der Waals surface area contributed by atoms with E-state index in [1.165, 1.54) is 23.9 Å². The van der Waals surface area contributed by atoms with Gasteiger partial charge in [-0.1, -0.05) is 48.2 Å². The fourth-order valence-corrected chi connectivity index (χ4v) is 3.83. The number of halogens is 1. The summed E-state index contributed by atoms with van der Waals surface area (Å²) in [4.78, 5) is 19.9. The van der Waals surface area contributed by atoms with Crippen molar-refractivity contribution < 1.29 is 9.18 Å². The largest absolute Gasteiger partial charge is 0.338 e. The molecule has 6 nitrogen and oxygen atoms in total. The number of H-pyrrole nitrogens is 1. The van der Waals surface area contributed by atoms with Crippen molar-refractivity contribution in [3.63, 3.8) is 0 Å². The normalized spacial score (nSPS) is 11.3. The highest BCUT2D eigenvalue weighted by atomic mass is 32.2. The van der Waals surface area contributed by atoms with Crippen LogP contribution in [-0.2, 0) is 4.79 Å². The van der Waals surface area contributed by atoms with Crippen molar-refractivity contribution >= 4 is 56.2 Å². The van der Waals surface area contributed by atoms with Crippen LogP contribution < -0.4 is 5.32 Å². The molecule has 0 aliphatic rings. The fraction of sp³-hybridized carbons (Fsp3) is 0.0476. The lowest BCUT2D eigenvalue weighted by atomic mass is 10.1. The Morgan fingerprint density at radius 1 is 1.03 bits per heavy atom. The maximum Gasteiger partial charge on any atom is 0.234 e. The average molecular weight is 403 g/mol. The molecule has 0 aliphatic carbocycles. The number of nitrogens with one attached hydrogen (secondary N) is 2. The highest BCUT2D eigenvalue weighted by molar-refractivity contribution is 7.99. The maximum absolute atomic E-state index is 13.5. The summed E-state index contributed by atoms with van der Waals surface area (Å²) in [6, 6.07) is 18.1. The zero-order chi connectivity index (χ0) is 19.8. The molecule has 3 aromatic carbocycles. The summed E-state index contributed by atoms with van der Waals surface area (Å²) in [5, 5.41) is 14.2. The molecule has 0 spiro atoms. The Labute approximate surface area is 168 Å². The molecule has 1 amide bonds. The molecule has 142 valence electrons. The number of carbonyl (C=O) groups is 1. The van der Waals surface area contributed by atoms with Crippen molar-refractivity contribution in [3.8, 4) is 0 Å². The number of anilines is 1. The third-order valence-electron chi connectivity index (χ3n) is 4.55. The minimum absolute atomic E-state index is 0.144. The van der Waals surface area contributed by atoms with Gasteiger partial charge in [0.2, 0.25) is 11.1 Å². The molecule has 8 heteroatoms. The SMILES string of the molecule is O=C(CSc1nnc2c(n1)[nH]c1ccc(F)cc12)Nc1cccc2ccccc12. The van der Waals surface area contributed by atoms with Gasteiger partial charge in [-0.2, -0.15) is 0 Å². The molecular weight excluding hydrogens is 389 g/mol. The highest BCUT2D eigenvalue weighted by Gasteiger charge is 2.12. The third-order valence-corrected chi connectivity index (χ3v) is 5.39. The molecular formula is C21H14FN5OS. The molecule has 5 aromatic rings. The first-order valence-corrected chi connectivity index (χ1v) is 9.88. The minimum atomic E-state index is -0.344. The van der Waals surface area contributed by atoms with E-state index in [9.17, 15) is 9.18 Å². The van der Waals surface area contributed by atoms with Gasteiger partial charge in [0.05, 0.1) is 5.75 Å². The Hall–Kier alpha value is -3.52. The summed E-state index contributed by atoms with van der Waals surface area (Å²) in [5.41, 5.74) is 2.52. The first-order chi connectivity index (χ1) is 14.2. The maximum atomic E-state index is 13.5. The first kappa shape index (κ1) is 17.6. The summed E-state index contributed by atoms with van der Waals surface area (Å²) < 4.78 is 13.5. The smallest absolute Gasteiger partial charge is 0.234 e. The zero-order valence-electron chi connectivity index (χ0n) is 15.0. The monoisotopic (exact) mass is 403 g/mol. The Balaban J connectivity index is 1.33. The Morgan fingerprint density at radius 3 is 2.83 bits per heavy atom. The van der Waals surface area contributed by atoms with E-state index in [1.54, 1.807) is 6.07 Å². The van der Waals surface area contributed by atoms with E-state index < -0.39 is 0 Å². The molecule has 0 saturated carbocycles. The lowest BCUT2D eigenvalue weighted by Gasteiger charge is -2.08. The van der Waals surface area contributed by atoms with Crippen LogP contribution in [0.2, 0.25) is 0 Å². The van der Waals surface area contributed by atoms with Crippen molar-refractivity contribution in [1.82, 2.24) is 20.2 Å². The quantitative estimate of drug-likeness (QED) is 0.431. The minimum Gasteiger partial charge on any atom is -0.338 e. The van der Waals surface area contributed by atoms with Gasteiger partial charge in [-0.25, -0.2) is 9.37 Å². The lowest BCUT2D eigenvalue weighted by molar-refractivity contribution is -0.113. The number of hydrogen-bond acceptors (Lipinski definition) is 5. The number of hydrogen-bond donors (Lipinski definition) is 2. The molecule has 2 aromatic heterocycles. The second-order valence-electron chi connectivity index (χ2n) is 6.47. The van der Waals surface area contributed by atoms with Crippen molar-refractivity contribution in [2.75, 3.05) is 11.1 Å². The fourth-order valence-electron chi connectivity index (χ4n) is 3.24. The van der Waals surface area contributed by atoms with Crippen molar-refractivity contribution in [2.45, 2.75) is 5.16 Å². The number of amides is 1. The third kappa shape index (κ3) is 3.38. The van der Waals surface area contributed by atoms with Gasteiger partial charge >= 0.3 is 0 Å². The summed E-state index contributed by atoms with van der Waals surface area (Å²) in [6.45, 7) is 0. The Morgan fingerprint density at radius 2 is 1.90 bits per heavy atom. The van der Waals surface area contributed by atoms with Gasteiger partial charge < -0.3 is 10.3 Å². The van der Waals surface area contributed by atoms with Crippen LogP contribution in [0.15, 0.2) is 65.8 Å². The molecule has 2 heterocycles. The van der Waals surface area contributed by atoms with Crippen LogP contribution in [0.25, 0.3) is 32.8 Å². The summed E-state index contributed by atoms with van der Waals surface area (Å²) in [5.74, 6) is -0.358. The standard InChI is InChI=1S/C21H14FN5OS/c22-13-8-9-17-15(10-13)19-20(24-17)25-21(27-26-19)29-11-18(28)23-16-7-3-5-12-4-1-2-6-14(12)16/h1-10H,11H2,(H,23,28)(H,24,25,27). The number of carbonyl (C=O) groups excluding carboxylic acids is 1. The van der Waals surface area contributed by atoms with E-state index in [4.69, 9.17) is 0 Å². The van der Waals surface area contributed by atoms with E-state index in [-0.39, 0.29) is 17.5 Å². The van der Waals surface area contributed by atoms with Gasteiger partial charge in [-0.15, -0.1) is 10.2 Å². The number of benzene rings is 3. The topological polar surface area (TPSA) is 83.6 Å². The van der Waals surface area contributed by atoms with Crippen LogP contribution in [0.5, 0.6) is 0 Å². The van der Waals surface area contributed by atoms with E-state index in [0.29, 0.717) is 21.7 Å². The Kier molecular flexibility index (Phi) is 4.33. The van der Waals surface area contributed by atoms with Gasteiger partial charge in [-0.3, -0.25) is 4.79 Å². The van der Waals surface area contributed by atoms with Gasteiger partial charge in [0.1, 0.15) is 11.3 Å². The van der Waals surface area contributed by atoms with Crippen LogP contribution in [0, 0.1) is 5.82 Å². The number of fused-ring (bicyclic) bond motifs is 4. The lowest BCUT2D eigenvalue weighted by Crippen LogP contribution is -2.14. The van der Waals surface area contributed by atoms with Crippen molar-refractivity contribution in [1.29, 1.82) is 0 Å². The van der Waals surface area contributed by atoms with Crippen molar-refractivity contribution in [3.05, 3.63) is 66.5 Å². The first-order valence-electron chi connectivity index (χ1n) is 8.89. The molecule has 0 bridgehead atoms. The second-order valence-corrected chi connectivity index (χ2v) is 7.41. The van der Waals surface area contributed by atoms with Crippen LogP contribution in [-0.4, -0.2) is 31.8 Å². The average Bonchev–Trinajstić information content (AvgIpc) is 3.09. The van der Waals surface area contributed by atoms with E-state index in [2.05, 4.69) is 25.5 Å². The second kappa shape index (κ2) is 7.14. The van der Waals surface area contributed by atoms with Crippen LogP contribution in [0.4, 0.5) is 10.1 Å². The zero-order valence-corrected chi connectivity index (χ0v) is 15.8. The number of thioether (sulfide) groups is 1. The van der Waals surface area contributed by atoms with Crippen LogP contribution in [0.1, 0.15) is 0 Å². The summed E-state index contributed by atoms with van der Waals surface area (Å²) in [7, 11) is 0. The highest BCUT2D eigenvalue weighted by Crippen LogP contribution is 2.25. The molecule has 0 fully saturated rings. The van der Waals surface area contributed by atoms with Gasteiger partial charge in [-0.05, 0) is 29.7 Å². The molecule has 5 rings (SSSR count). The van der Waals surface area contributed by atoms with Gasteiger partial charge in [0.15, 0.2) is 5.65 Å². The number of nitrogens with zero attached hydrogens (tertiary/aromatic N) is 3. The number of aromatic nitrogens is 4. The molecule has 0 aliphatic heterocycles. The van der Waals surface area contributed by atoms with E-state index >= 15 is 0 Å². The molecule has 29 heavy (non-hydrogen) atoms. The van der Waals surface area contributed by atoms with Crippen LogP contribution in [0.3, 0.4) is 0 Å². The van der Waals surface area contributed by atoms with Gasteiger partial charge in [0.25, 0.3) is 0 Å². The summed E-state index contributed by atoms with van der Waals surface area (Å²) in [6.07, 6.45) is 0. The van der Waals surface area contributed by atoms with Gasteiger partial charge in [0, 0.05) is 22.0 Å². The molecule has 0 radical (unpaired) electrons. The predicted molar refractivity (Wildman–Crippen MR) is 112 cm³/mol. The van der Waals surface area contributed by atoms with Crippen molar-refractivity contribution in [2.24, 2.45) is 0 Å². The Bertz CT molecular complexity index is 1380. The predicted octanol–water partition coefficient (Wildman–Crippen LogP) is 4.53. The summed E-state index contributed by atoms with van der Waals surface area (Å²) >= 11 is 1.19. The molecule has 0 unspecified atom stereocenters. The molecule has 0 saturated heterocycles. The van der Waals surface area contributed by atoms with Crippen LogP contribution >= 0.6 is 11.8 Å². The van der Waals surface area contributed by atoms with E-state index in [0.717, 1.165) is 22.0 Å². The van der Waals surface area contributed by atoms with E-state index in [1.807, 2.05) is 42.5 Å². The molecule has 2 N–H and O–H groups in total.